The summed E-state index contributed by atoms with van der Waals surface area (Å²) < 4.78 is 0. The maximum atomic E-state index is 13.3. The summed E-state index contributed by atoms with van der Waals surface area (Å²) in [4.78, 5) is 35.4. The number of anilines is 1. The minimum atomic E-state index is -0.232. The highest BCUT2D eigenvalue weighted by molar-refractivity contribution is 6.30. The zero-order chi connectivity index (χ0) is 21.3. The van der Waals surface area contributed by atoms with Gasteiger partial charge in [0.15, 0.2) is 5.78 Å². The molecule has 3 heterocycles. The molecule has 1 aliphatic rings. The van der Waals surface area contributed by atoms with E-state index in [1.54, 1.807) is 12.1 Å². The number of aryl methyl sites for hydroxylation is 1. The van der Waals surface area contributed by atoms with Gasteiger partial charge in [0.05, 0.1) is 11.1 Å². The average molecular weight is 425 g/mol. The summed E-state index contributed by atoms with van der Waals surface area (Å²) in [5.41, 5.74) is 2.65. The maximum absolute atomic E-state index is 13.3. The first-order valence-electron chi connectivity index (χ1n) is 10.2. The van der Waals surface area contributed by atoms with Crippen molar-refractivity contribution in [2.45, 2.75) is 32.7 Å². The molecule has 1 unspecified atom stereocenters. The molecule has 156 valence electrons. The fourth-order valence-electron chi connectivity index (χ4n) is 4.20. The number of hydrogen-bond acceptors (Lipinski definition) is 4. The molecule has 1 saturated heterocycles. The lowest BCUT2D eigenvalue weighted by Gasteiger charge is -2.34. The van der Waals surface area contributed by atoms with Gasteiger partial charge >= 0.3 is 0 Å². The first-order valence-corrected chi connectivity index (χ1v) is 10.6. The topological polar surface area (TPSA) is 78.1 Å². The minimum absolute atomic E-state index is 0.0316. The standard InChI is InChI=1S/C23H25ClN4O2/c1-14-21(18-5-3-4-6-19(18)26-14)22(29)15(2)28-11-9-16(10-12-28)23(30)27-20-8-7-17(24)13-25-20/h3-8,13,15-16,26H,9-12H2,1-2H3,(H,25,27,30). The number of piperidine rings is 1. The van der Waals surface area contributed by atoms with E-state index in [2.05, 4.69) is 20.2 Å². The van der Waals surface area contributed by atoms with Crippen LogP contribution in [0.5, 0.6) is 0 Å². The van der Waals surface area contributed by atoms with Crippen molar-refractivity contribution >= 4 is 40.0 Å². The number of H-pyrrole nitrogens is 1. The van der Waals surface area contributed by atoms with Crippen LogP contribution in [0.15, 0.2) is 42.6 Å². The van der Waals surface area contributed by atoms with Crippen LogP contribution >= 0.6 is 11.6 Å². The quantitative estimate of drug-likeness (QED) is 0.593. The lowest BCUT2D eigenvalue weighted by Crippen LogP contribution is -2.45. The van der Waals surface area contributed by atoms with Gasteiger partial charge in [0.2, 0.25) is 5.91 Å². The van der Waals surface area contributed by atoms with E-state index in [-0.39, 0.29) is 23.7 Å². The van der Waals surface area contributed by atoms with Crippen LogP contribution in [-0.4, -0.2) is 45.7 Å². The van der Waals surface area contributed by atoms with Crippen molar-refractivity contribution < 1.29 is 9.59 Å². The number of ketones is 1. The average Bonchev–Trinajstić information content (AvgIpc) is 3.10. The van der Waals surface area contributed by atoms with E-state index in [4.69, 9.17) is 11.6 Å². The number of benzene rings is 1. The number of hydrogen-bond donors (Lipinski definition) is 2. The highest BCUT2D eigenvalue weighted by atomic mass is 35.5. The molecule has 1 atom stereocenters. The minimum Gasteiger partial charge on any atom is -0.358 e. The molecular formula is C23H25ClN4O2. The number of amides is 1. The number of carbonyl (C=O) groups excluding carboxylic acids is 2. The number of rotatable bonds is 5. The molecule has 0 spiro atoms. The summed E-state index contributed by atoms with van der Waals surface area (Å²) in [6.45, 7) is 5.32. The number of para-hydroxylation sites is 1. The molecule has 2 N–H and O–H groups in total. The molecule has 1 aromatic carbocycles. The van der Waals surface area contributed by atoms with Crippen LogP contribution in [0.4, 0.5) is 5.82 Å². The van der Waals surface area contributed by atoms with Crippen molar-refractivity contribution in [1.82, 2.24) is 14.9 Å². The van der Waals surface area contributed by atoms with Crippen LogP contribution in [0.2, 0.25) is 5.02 Å². The largest absolute Gasteiger partial charge is 0.358 e. The Kier molecular flexibility index (Phi) is 5.88. The Labute approximate surface area is 180 Å². The summed E-state index contributed by atoms with van der Waals surface area (Å²) >= 11 is 5.84. The predicted octanol–water partition coefficient (Wildman–Crippen LogP) is 4.45. The molecule has 4 rings (SSSR count). The van der Waals surface area contributed by atoms with E-state index in [1.807, 2.05) is 38.1 Å². The van der Waals surface area contributed by atoms with Gasteiger partial charge < -0.3 is 10.3 Å². The molecule has 2 aromatic heterocycles. The molecular weight excluding hydrogens is 400 g/mol. The van der Waals surface area contributed by atoms with Gasteiger partial charge in [-0.2, -0.15) is 0 Å². The van der Waals surface area contributed by atoms with Gasteiger partial charge in [0.25, 0.3) is 0 Å². The van der Waals surface area contributed by atoms with Gasteiger partial charge in [-0.25, -0.2) is 4.98 Å². The third-order valence-electron chi connectivity index (χ3n) is 5.95. The molecule has 0 radical (unpaired) electrons. The van der Waals surface area contributed by atoms with Gasteiger partial charge in [0.1, 0.15) is 5.82 Å². The summed E-state index contributed by atoms with van der Waals surface area (Å²) in [6.07, 6.45) is 2.94. The predicted molar refractivity (Wildman–Crippen MR) is 119 cm³/mol. The zero-order valence-corrected chi connectivity index (χ0v) is 17.9. The number of fused-ring (bicyclic) bond motifs is 1. The molecule has 0 bridgehead atoms. The highest BCUT2D eigenvalue weighted by Crippen LogP contribution is 2.26. The number of pyridine rings is 1. The molecule has 1 aliphatic heterocycles. The second-order valence-corrected chi connectivity index (χ2v) is 8.31. The number of nitrogens with zero attached hydrogens (tertiary/aromatic N) is 2. The third-order valence-corrected chi connectivity index (χ3v) is 6.17. The smallest absolute Gasteiger partial charge is 0.228 e. The van der Waals surface area contributed by atoms with Gasteiger partial charge in [-0.1, -0.05) is 29.8 Å². The van der Waals surface area contributed by atoms with E-state index in [9.17, 15) is 9.59 Å². The number of aromatic nitrogens is 2. The number of halogens is 1. The lowest BCUT2D eigenvalue weighted by molar-refractivity contribution is -0.121. The molecule has 3 aromatic rings. The monoisotopic (exact) mass is 424 g/mol. The summed E-state index contributed by atoms with van der Waals surface area (Å²) in [6, 6.07) is 11.1. The van der Waals surface area contributed by atoms with E-state index in [0.717, 1.165) is 22.2 Å². The van der Waals surface area contributed by atoms with Crippen LogP contribution < -0.4 is 5.32 Å². The number of aromatic amines is 1. The van der Waals surface area contributed by atoms with Gasteiger partial charge in [-0.15, -0.1) is 0 Å². The second-order valence-electron chi connectivity index (χ2n) is 7.87. The summed E-state index contributed by atoms with van der Waals surface area (Å²) in [5.74, 6) is 0.509. The fourth-order valence-corrected chi connectivity index (χ4v) is 4.31. The van der Waals surface area contributed by atoms with Crippen molar-refractivity contribution in [2.24, 2.45) is 5.92 Å². The Morgan fingerprint density at radius 1 is 1.20 bits per heavy atom. The molecule has 0 saturated carbocycles. The SMILES string of the molecule is Cc1[nH]c2ccccc2c1C(=O)C(C)N1CCC(C(=O)Nc2ccc(Cl)cn2)CC1. The van der Waals surface area contributed by atoms with Crippen LogP contribution in [0.3, 0.4) is 0 Å². The zero-order valence-electron chi connectivity index (χ0n) is 17.1. The van der Waals surface area contributed by atoms with Crippen LogP contribution in [0.25, 0.3) is 10.9 Å². The first-order chi connectivity index (χ1) is 14.4. The van der Waals surface area contributed by atoms with Crippen molar-refractivity contribution in [3.63, 3.8) is 0 Å². The Balaban J connectivity index is 1.38. The van der Waals surface area contributed by atoms with Crippen LogP contribution in [-0.2, 0) is 4.79 Å². The second kappa shape index (κ2) is 8.58. The molecule has 1 amide bonds. The number of carbonyl (C=O) groups is 2. The first kappa shape index (κ1) is 20.6. The van der Waals surface area contributed by atoms with Crippen molar-refractivity contribution in [2.75, 3.05) is 18.4 Å². The van der Waals surface area contributed by atoms with Gasteiger partial charge in [-0.05, 0) is 58.0 Å². The van der Waals surface area contributed by atoms with Crippen molar-refractivity contribution in [3.05, 3.63) is 58.9 Å². The molecule has 0 aliphatic carbocycles. The molecule has 30 heavy (non-hydrogen) atoms. The highest BCUT2D eigenvalue weighted by Gasteiger charge is 2.31. The molecule has 6 nitrogen and oxygen atoms in total. The number of nitrogens with one attached hydrogen (secondary N) is 2. The van der Waals surface area contributed by atoms with Crippen LogP contribution in [0, 0.1) is 12.8 Å². The lowest BCUT2D eigenvalue weighted by atomic mass is 9.93. The number of Topliss-reactive ketones (excluding diaryl/α,β-unsaturated/α-hetero) is 1. The molecule has 1 fully saturated rings. The summed E-state index contributed by atoms with van der Waals surface area (Å²) in [7, 11) is 0. The van der Waals surface area contributed by atoms with E-state index < -0.39 is 0 Å². The third kappa shape index (κ3) is 4.11. The van der Waals surface area contributed by atoms with Crippen LogP contribution in [0.1, 0.15) is 35.8 Å². The van der Waals surface area contributed by atoms with Gasteiger partial charge in [-0.3, -0.25) is 14.5 Å². The van der Waals surface area contributed by atoms with E-state index >= 15 is 0 Å². The van der Waals surface area contributed by atoms with E-state index in [1.165, 1.54) is 6.20 Å². The Morgan fingerprint density at radius 3 is 2.63 bits per heavy atom. The fraction of sp³-hybridized carbons (Fsp3) is 0.348. The maximum Gasteiger partial charge on any atom is 0.228 e. The Morgan fingerprint density at radius 2 is 1.93 bits per heavy atom. The Hall–Kier alpha value is -2.70. The van der Waals surface area contributed by atoms with Crippen molar-refractivity contribution in [1.29, 1.82) is 0 Å². The Bertz CT molecular complexity index is 1070. The van der Waals surface area contributed by atoms with Gasteiger partial charge in [0, 0.05) is 34.3 Å². The van der Waals surface area contributed by atoms with E-state index in [0.29, 0.717) is 36.8 Å². The number of likely N-dealkylation sites (tertiary alicyclic amines) is 1. The molecule has 7 heteroatoms. The normalized spacial score (nSPS) is 16.5. The summed E-state index contributed by atoms with van der Waals surface area (Å²) in [5, 5.41) is 4.36. The van der Waals surface area contributed by atoms with Crippen molar-refractivity contribution in [3.8, 4) is 0 Å².